The van der Waals surface area contributed by atoms with Crippen LogP contribution in [-0.4, -0.2) is 14.3 Å². The Labute approximate surface area is 99.8 Å². The molecule has 0 aromatic carbocycles. The Morgan fingerprint density at radius 3 is 2.62 bits per heavy atom. The lowest BCUT2D eigenvalue weighted by atomic mass is 10.4. The van der Waals surface area contributed by atoms with Crippen molar-refractivity contribution in [3.63, 3.8) is 0 Å². The first kappa shape index (κ1) is 11.2. The quantitative estimate of drug-likeness (QED) is 0.880. The van der Waals surface area contributed by atoms with Crippen molar-refractivity contribution in [1.82, 2.24) is 19.7 Å². The molecule has 0 fully saturated rings. The van der Waals surface area contributed by atoms with Crippen LogP contribution in [0.15, 0.2) is 24.5 Å². The molecule has 0 amide bonds. The van der Waals surface area contributed by atoms with Crippen molar-refractivity contribution >= 4 is 11.6 Å². The van der Waals surface area contributed by atoms with Crippen LogP contribution in [0.3, 0.4) is 0 Å². The third kappa shape index (κ3) is 2.46. The Morgan fingerprint density at radius 1 is 1.31 bits per heavy atom. The first-order valence-electron chi connectivity index (χ1n) is 5.15. The van der Waals surface area contributed by atoms with Crippen LogP contribution < -0.4 is 5.32 Å². The lowest BCUT2D eigenvalue weighted by Gasteiger charge is -2.06. The first-order chi connectivity index (χ1) is 7.66. The standard InChI is InChI=1S/C11H15ClN4/c1-15-8-9(12)5-11(15)7-13-6-10-3-4-14-16(10)2/h3-5,8,13H,6-7H2,1-2H3. The van der Waals surface area contributed by atoms with E-state index in [9.17, 15) is 0 Å². The molecule has 5 heteroatoms. The van der Waals surface area contributed by atoms with Crippen molar-refractivity contribution < 1.29 is 0 Å². The van der Waals surface area contributed by atoms with E-state index < -0.39 is 0 Å². The first-order valence-corrected chi connectivity index (χ1v) is 5.53. The Balaban J connectivity index is 1.89. The molecule has 2 aromatic heterocycles. The number of rotatable bonds is 4. The fraction of sp³-hybridized carbons (Fsp3) is 0.364. The van der Waals surface area contributed by atoms with E-state index in [2.05, 4.69) is 10.4 Å². The van der Waals surface area contributed by atoms with Crippen LogP contribution in [0.5, 0.6) is 0 Å². The van der Waals surface area contributed by atoms with Gasteiger partial charge in [-0.25, -0.2) is 0 Å². The van der Waals surface area contributed by atoms with E-state index in [1.54, 1.807) is 6.20 Å². The highest BCUT2D eigenvalue weighted by Gasteiger charge is 2.02. The zero-order valence-electron chi connectivity index (χ0n) is 9.44. The molecule has 2 heterocycles. The van der Waals surface area contributed by atoms with E-state index in [4.69, 9.17) is 11.6 Å². The summed E-state index contributed by atoms with van der Waals surface area (Å²) in [6, 6.07) is 3.97. The molecule has 0 spiro atoms. The molecule has 0 saturated carbocycles. The van der Waals surface area contributed by atoms with E-state index in [1.807, 2.05) is 41.7 Å². The molecule has 0 saturated heterocycles. The number of aryl methyl sites for hydroxylation is 2. The highest BCUT2D eigenvalue weighted by atomic mass is 35.5. The molecule has 0 bridgehead atoms. The molecule has 2 aromatic rings. The van der Waals surface area contributed by atoms with Gasteiger partial charge in [0.2, 0.25) is 0 Å². The van der Waals surface area contributed by atoms with Gasteiger partial charge in [-0.3, -0.25) is 4.68 Å². The van der Waals surface area contributed by atoms with Gasteiger partial charge in [0.05, 0.1) is 10.7 Å². The van der Waals surface area contributed by atoms with E-state index in [0.717, 1.165) is 18.1 Å². The maximum Gasteiger partial charge on any atom is 0.0585 e. The molecule has 0 aliphatic rings. The number of nitrogens with one attached hydrogen (secondary N) is 1. The number of halogens is 1. The lowest BCUT2D eigenvalue weighted by Crippen LogP contribution is -2.16. The molecule has 0 unspecified atom stereocenters. The van der Waals surface area contributed by atoms with Crippen LogP contribution in [0.1, 0.15) is 11.4 Å². The Bertz CT molecular complexity index is 472. The fourth-order valence-electron chi connectivity index (χ4n) is 1.64. The van der Waals surface area contributed by atoms with Gasteiger partial charge in [-0.1, -0.05) is 11.6 Å². The fourth-order valence-corrected chi connectivity index (χ4v) is 1.91. The molecule has 0 radical (unpaired) electrons. The summed E-state index contributed by atoms with van der Waals surface area (Å²) in [5.41, 5.74) is 2.34. The second kappa shape index (κ2) is 4.72. The van der Waals surface area contributed by atoms with E-state index in [1.165, 1.54) is 11.4 Å². The van der Waals surface area contributed by atoms with Gasteiger partial charge in [0, 0.05) is 45.3 Å². The van der Waals surface area contributed by atoms with Crippen molar-refractivity contribution in [1.29, 1.82) is 0 Å². The van der Waals surface area contributed by atoms with Crippen LogP contribution in [0.4, 0.5) is 0 Å². The number of hydrogen-bond donors (Lipinski definition) is 1. The third-order valence-electron chi connectivity index (χ3n) is 2.61. The molecule has 0 aliphatic heterocycles. The molecule has 2 rings (SSSR count). The summed E-state index contributed by atoms with van der Waals surface area (Å²) in [6.07, 6.45) is 3.71. The minimum absolute atomic E-state index is 0.778. The summed E-state index contributed by atoms with van der Waals surface area (Å²) in [7, 11) is 3.93. The Hall–Kier alpha value is -1.26. The number of nitrogens with zero attached hydrogens (tertiary/aromatic N) is 3. The maximum atomic E-state index is 5.91. The van der Waals surface area contributed by atoms with Gasteiger partial charge in [0.1, 0.15) is 0 Å². The normalized spacial score (nSPS) is 10.9. The summed E-state index contributed by atoms with van der Waals surface area (Å²) in [6.45, 7) is 1.60. The minimum atomic E-state index is 0.778. The van der Waals surface area contributed by atoms with Crippen LogP contribution in [0.2, 0.25) is 5.02 Å². The molecule has 0 aliphatic carbocycles. The van der Waals surface area contributed by atoms with Gasteiger partial charge in [-0.2, -0.15) is 5.10 Å². The van der Waals surface area contributed by atoms with Crippen LogP contribution >= 0.6 is 11.6 Å². The van der Waals surface area contributed by atoms with Crippen molar-refractivity contribution in [3.05, 3.63) is 40.9 Å². The van der Waals surface area contributed by atoms with E-state index >= 15 is 0 Å². The van der Waals surface area contributed by atoms with Gasteiger partial charge in [0.25, 0.3) is 0 Å². The topological polar surface area (TPSA) is 34.8 Å². The Morgan fingerprint density at radius 2 is 2.06 bits per heavy atom. The van der Waals surface area contributed by atoms with Gasteiger partial charge >= 0.3 is 0 Å². The van der Waals surface area contributed by atoms with Gasteiger partial charge in [-0.05, 0) is 12.1 Å². The summed E-state index contributed by atoms with van der Waals surface area (Å²) >= 11 is 5.91. The van der Waals surface area contributed by atoms with Crippen molar-refractivity contribution in [2.75, 3.05) is 0 Å². The summed E-state index contributed by atoms with van der Waals surface area (Å²) in [5.74, 6) is 0. The highest BCUT2D eigenvalue weighted by Crippen LogP contribution is 2.12. The molecule has 16 heavy (non-hydrogen) atoms. The average molecular weight is 239 g/mol. The summed E-state index contributed by atoms with van der Waals surface area (Å²) < 4.78 is 3.89. The van der Waals surface area contributed by atoms with Crippen molar-refractivity contribution in [2.45, 2.75) is 13.1 Å². The summed E-state index contributed by atoms with van der Waals surface area (Å²) in [4.78, 5) is 0. The van der Waals surface area contributed by atoms with Crippen molar-refractivity contribution in [3.8, 4) is 0 Å². The molecule has 86 valence electrons. The average Bonchev–Trinajstić information content (AvgIpc) is 2.75. The molecular weight excluding hydrogens is 224 g/mol. The van der Waals surface area contributed by atoms with Crippen LogP contribution in [-0.2, 0) is 27.2 Å². The van der Waals surface area contributed by atoms with E-state index in [0.29, 0.717) is 0 Å². The van der Waals surface area contributed by atoms with Gasteiger partial charge in [0.15, 0.2) is 0 Å². The third-order valence-corrected chi connectivity index (χ3v) is 2.82. The predicted molar refractivity (Wildman–Crippen MR) is 64.2 cm³/mol. The molecule has 1 N–H and O–H groups in total. The second-order valence-electron chi connectivity index (χ2n) is 3.81. The molecule has 0 atom stereocenters. The monoisotopic (exact) mass is 238 g/mol. The lowest BCUT2D eigenvalue weighted by molar-refractivity contribution is 0.609. The smallest absolute Gasteiger partial charge is 0.0585 e. The summed E-state index contributed by atoms with van der Waals surface area (Å²) in [5, 5.41) is 8.25. The maximum absolute atomic E-state index is 5.91. The zero-order chi connectivity index (χ0) is 11.5. The largest absolute Gasteiger partial charge is 0.352 e. The van der Waals surface area contributed by atoms with Gasteiger partial charge < -0.3 is 9.88 Å². The molecular formula is C11H15ClN4. The Kier molecular flexibility index (Phi) is 3.31. The van der Waals surface area contributed by atoms with Crippen LogP contribution in [0.25, 0.3) is 0 Å². The molecule has 4 nitrogen and oxygen atoms in total. The van der Waals surface area contributed by atoms with Crippen LogP contribution in [0, 0.1) is 0 Å². The van der Waals surface area contributed by atoms with E-state index in [-0.39, 0.29) is 0 Å². The number of hydrogen-bond acceptors (Lipinski definition) is 2. The van der Waals surface area contributed by atoms with Gasteiger partial charge in [-0.15, -0.1) is 0 Å². The number of aromatic nitrogens is 3. The highest BCUT2D eigenvalue weighted by molar-refractivity contribution is 6.30. The minimum Gasteiger partial charge on any atom is -0.352 e. The second-order valence-corrected chi connectivity index (χ2v) is 4.25. The SMILES string of the molecule is Cn1cc(Cl)cc1CNCc1ccnn1C. The zero-order valence-corrected chi connectivity index (χ0v) is 10.2. The van der Waals surface area contributed by atoms with Crippen molar-refractivity contribution in [2.24, 2.45) is 14.1 Å². The predicted octanol–water partition coefficient (Wildman–Crippen LogP) is 1.70.